The Kier molecular flexibility index (Phi) is 5.46. The number of halogens is 1. The maximum absolute atomic E-state index is 12.3. The number of carbonyl (C=O) groups excluding carboxylic acids is 1. The molecule has 6 nitrogen and oxygen atoms in total. The Morgan fingerprint density at radius 3 is 2.57 bits per heavy atom. The number of aryl methyl sites for hydroxylation is 1. The van der Waals surface area contributed by atoms with E-state index in [0.717, 1.165) is 5.56 Å². The number of sulfonamides is 1. The van der Waals surface area contributed by atoms with Crippen molar-refractivity contribution in [3.05, 3.63) is 52.8 Å². The Hall–Kier alpha value is -1.83. The molecule has 1 N–H and O–H groups in total. The highest BCUT2D eigenvalue weighted by molar-refractivity contribution is 7.89. The lowest BCUT2D eigenvalue weighted by Crippen LogP contribution is -2.25. The van der Waals surface area contributed by atoms with Crippen LogP contribution in [0.2, 0.25) is 5.02 Å². The fourth-order valence-electron chi connectivity index (χ4n) is 2.05. The topological polar surface area (TPSA) is 77.4 Å². The lowest BCUT2D eigenvalue weighted by Gasteiger charge is -2.05. The molecular weight excluding hydrogens is 340 g/mol. The Morgan fingerprint density at radius 1 is 1.30 bits per heavy atom. The fourth-order valence-corrected chi connectivity index (χ4v) is 3.28. The second-order valence-corrected chi connectivity index (χ2v) is 7.14. The zero-order chi connectivity index (χ0) is 17.0. The van der Waals surface area contributed by atoms with Crippen LogP contribution in [0.4, 0.5) is 0 Å². The van der Waals surface area contributed by atoms with E-state index in [-0.39, 0.29) is 17.1 Å². The molecule has 0 unspecified atom stereocenters. The molecule has 23 heavy (non-hydrogen) atoms. The zero-order valence-corrected chi connectivity index (χ0v) is 14.3. The van der Waals surface area contributed by atoms with Crippen LogP contribution < -0.4 is 4.72 Å². The van der Waals surface area contributed by atoms with E-state index in [0.29, 0.717) is 11.4 Å². The molecule has 0 radical (unpaired) electrons. The van der Waals surface area contributed by atoms with Crippen LogP contribution in [0.15, 0.2) is 41.4 Å². The number of ether oxygens (including phenoxy) is 1. The first kappa shape index (κ1) is 17.5. The highest BCUT2D eigenvalue weighted by atomic mass is 35.5. The standard InChI is InChI=1S/C15H17ClN2O4S/c1-18-10-13(9-14(18)15(19)22-2)23(20,21)17-8-7-11-3-5-12(16)6-4-11/h3-6,9-10,17H,7-8H2,1-2H3. The van der Waals surface area contributed by atoms with Gasteiger partial charge >= 0.3 is 5.97 Å². The molecule has 0 spiro atoms. The van der Waals surface area contributed by atoms with Crippen molar-refractivity contribution in [2.75, 3.05) is 13.7 Å². The summed E-state index contributed by atoms with van der Waals surface area (Å²) in [5.74, 6) is -0.588. The summed E-state index contributed by atoms with van der Waals surface area (Å²) in [6, 6.07) is 8.48. The van der Waals surface area contributed by atoms with E-state index in [2.05, 4.69) is 9.46 Å². The summed E-state index contributed by atoms with van der Waals surface area (Å²) < 4.78 is 33.0. The van der Waals surface area contributed by atoms with Gasteiger partial charge in [0.1, 0.15) is 10.6 Å². The molecule has 0 saturated carbocycles. The van der Waals surface area contributed by atoms with Crippen LogP contribution in [0, 0.1) is 0 Å². The molecule has 0 bridgehead atoms. The average molecular weight is 357 g/mol. The summed E-state index contributed by atoms with van der Waals surface area (Å²) in [7, 11) is -0.860. The van der Waals surface area contributed by atoms with Crippen molar-refractivity contribution < 1.29 is 17.9 Å². The van der Waals surface area contributed by atoms with Crippen LogP contribution in [0.3, 0.4) is 0 Å². The van der Waals surface area contributed by atoms with Crippen LogP contribution in [0.25, 0.3) is 0 Å². The van der Waals surface area contributed by atoms with Gasteiger partial charge in [-0.15, -0.1) is 0 Å². The van der Waals surface area contributed by atoms with Crippen LogP contribution in [-0.4, -0.2) is 32.6 Å². The number of esters is 1. The molecule has 0 amide bonds. The molecule has 0 atom stereocenters. The third kappa shape index (κ3) is 4.34. The smallest absolute Gasteiger partial charge is 0.354 e. The number of hydrogen-bond donors (Lipinski definition) is 1. The molecule has 1 heterocycles. The van der Waals surface area contributed by atoms with Gasteiger partial charge in [0, 0.05) is 24.8 Å². The molecule has 2 rings (SSSR count). The van der Waals surface area contributed by atoms with E-state index in [1.54, 1.807) is 19.2 Å². The SMILES string of the molecule is COC(=O)c1cc(S(=O)(=O)NCCc2ccc(Cl)cc2)cn1C. The molecule has 0 fully saturated rings. The van der Waals surface area contributed by atoms with E-state index in [4.69, 9.17) is 11.6 Å². The van der Waals surface area contributed by atoms with Gasteiger partial charge < -0.3 is 9.30 Å². The molecule has 1 aromatic heterocycles. The maximum Gasteiger partial charge on any atom is 0.354 e. The summed E-state index contributed by atoms with van der Waals surface area (Å²) in [5.41, 5.74) is 1.14. The minimum absolute atomic E-state index is 0.0245. The van der Waals surface area contributed by atoms with Crippen LogP contribution >= 0.6 is 11.6 Å². The molecular formula is C15H17ClN2O4S. The Morgan fingerprint density at radius 2 is 1.96 bits per heavy atom. The summed E-state index contributed by atoms with van der Waals surface area (Å²) in [6.07, 6.45) is 1.91. The summed E-state index contributed by atoms with van der Waals surface area (Å²) in [4.78, 5) is 11.6. The van der Waals surface area contributed by atoms with E-state index < -0.39 is 16.0 Å². The molecule has 0 aliphatic carbocycles. The number of methoxy groups -OCH3 is 1. The van der Waals surface area contributed by atoms with Crippen molar-refractivity contribution in [3.63, 3.8) is 0 Å². The fraction of sp³-hybridized carbons (Fsp3) is 0.267. The Labute approximate surface area is 140 Å². The van der Waals surface area contributed by atoms with Gasteiger partial charge in [0.05, 0.1) is 7.11 Å². The zero-order valence-electron chi connectivity index (χ0n) is 12.7. The normalized spacial score (nSPS) is 11.4. The number of aromatic nitrogens is 1. The summed E-state index contributed by atoms with van der Waals surface area (Å²) in [6.45, 7) is 0.242. The quantitative estimate of drug-likeness (QED) is 0.803. The predicted octanol–water partition coefficient (Wildman–Crippen LogP) is 1.99. The Balaban J connectivity index is 2.04. The van der Waals surface area contributed by atoms with Crippen LogP contribution in [-0.2, 0) is 28.2 Å². The second kappa shape index (κ2) is 7.16. The average Bonchev–Trinajstić information content (AvgIpc) is 2.91. The monoisotopic (exact) mass is 356 g/mol. The van der Waals surface area contributed by atoms with E-state index in [1.165, 1.54) is 23.9 Å². The third-order valence-corrected chi connectivity index (χ3v) is 4.98. The van der Waals surface area contributed by atoms with Crippen molar-refractivity contribution in [1.82, 2.24) is 9.29 Å². The molecule has 0 saturated heterocycles. The number of hydrogen-bond acceptors (Lipinski definition) is 4. The van der Waals surface area contributed by atoms with Crippen molar-refractivity contribution in [2.45, 2.75) is 11.3 Å². The molecule has 1 aromatic carbocycles. The number of carbonyl (C=O) groups is 1. The molecule has 0 aliphatic rings. The van der Waals surface area contributed by atoms with Crippen LogP contribution in [0.1, 0.15) is 16.1 Å². The minimum atomic E-state index is -3.69. The second-order valence-electron chi connectivity index (χ2n) is 4.94. The maximum atomic E-state index is 12.3. The van der Waals surface area contributed by atoms with E-state index in [1.807, 2.05) is 12.1 Å². The summed E-state index contributed by atoms with van der Waals surface area (Å²) >= 11 is 5.80. The first-order valence-corrected chi connectivity index (χ1v) is 8.68. The van der Waals surface area contributed by atoms with Gasteiger partial charge in [-0.2, -0.15) is 0 Å². The number of nitrogens with one attached hydrogen (secondary N) is 1. The van der Waals surface area contributed by atoms with Crippen molar-refractivity contribution in [2.24, 2.45) is 7.05 Å². The molecule has 124 valence electrons. The predicted molar refractivity (Wildman–Crippen MR) is 87.1 cm³/mol. The third-order valence-electron chi connectivity index (χ3n) is 3.30. The van der Waals surface area contributed by atoms with Gasteiger partial charge in [-0.25, -0.2) is 17.9 Å². The first-order valence-electron chi connectivity index (χ1n) is 6.82. The van der Waals surface area contributed by atoms with Gasteiger partial charge in [0.2, 0.25) is 10.0 Å². The van der Waals surface area contributed by atoms with Gasteiger partial charge in [-0.3, -0.25) is 0 Å². The number of benzene rings is 1. The minimum Gasteiger partial charge on any atom is -0.464 e. The molecule has 2 aromatic rings. The highest BCUT2D eigenvalue weighted by Gasteiger charge is 2.20. The number of nitrogens with zero attached hydrogens (tertiary/aromatic N) is 1. The van der Waals surface area contributed by atoms with Crippen molar-refractivity contribution in [3.8, 4) is 0 Å². The van der Waals surface area contributed by atoms with Gasteiger partial charge in [0.15, 0.2) is 0 Å². The van der Waals surface area contributed by atoms with E-state index in [9.17, 15) is 13.2 Å². The highest BCUT2D eigenvalue weighted by Crippen LogP contribution is 2.14. The van der Waals surface area contributed by atoms with Gasteiger partial charge in [-0.05, 0) is 30.2 Å². The lowest BCUT2D eigenvalue weighted by molar-refractivity contribution is 0.0590. The molecule has 8 heteroatoms. The van der Waals surface area contributed by atoms with Gasteiger partial charge in [-0.1, -0.05) is 23.7 Å². The van der Waals surface area contributed by atoms with Crippen LogP contribution in [0.5, 0.6) is 0 Å². The van der Waals surface area contributed by atoms with Crippen molar-refractivity contribution >= 4 is 27.6 Å². The van der Waals surface area contributed by atoms with Crippen molar-refractivity contribution in [1.29, 1.82) is 0 Å². The first-order chi connectivity index (χ1) is 10.8. The summed E-state index contributed by atoms with van der Waals surface area (Å²) in [5, 5.41) is 0.633. The lowest BCUT2D eigenvalue weighted by atomic mass is 10.2. The van der Waals surface area contributed by atoms with Gasteiger partial charge in [0.25, 0.3) is 0 Å². The molecule has 0 aliphatic heterocycles. The van der Waals surface area contributed by atoms with E-state index >= 15 is 0 Å². The number of rotatable bonds is 6. The largest absolute Gasteiger partial charge is 0.464 e. The Bertz CT molecular complexity index is 797.